The number of aryl methyl sites for hydroxylation is 1. The third-order valence-electron chi connectivity index (χ3n) is 12.9. The summed E-state index contributed by atoms with van der Waals surface area (Å²) in [5, 5.41) is 11.4. The smallest absolute Gasteiger partial charge is 0.410 e. The third-order valence-corrected chi connectivity index (χ3v) is 12.9. The summed E-state index contributed by atoms with van der Waals surface area (Å²) < 4.78 is 49.7. The molecule has 3 saturated heterocycles. The Balaban J connectivity index is 1.51. The number of amides is 1. The van der Waals surface area contributed by atoms with E-state index >= 15 is 4.39 Å². The zero-order valence-electron chi connectivity index (χ0n) is 36.0. The quantitative estimate of drug-likeness (QED) is 0.185. The highest BCUT2D eigenvalue weighted by Gasteiger charge is 2.63. The van der Waals surface area contributed by atoms with Crippen molar-refractivity contribution in [2.24, 2.45) is 17.8 Å². The number of fused-ring (bicyclic) bond motifs is 2. The van der Waals surface area contributed by atoms with Gasteiger partial charge < -0.3 is 43.2 Å². The van der Waals surface area contributed by atoms with Gasteiger partial charge in [0.2, 0.25) is 0 Å². The van der Waals surface area contributed by atoms with Crippen LogP contribution in [-0.4, -0.2) is 140 Å². The summed E-state index contributed by atoms with van der Waals surface area (Å²) in [4.78, 5) is 69.3. The zero-order chi connectivity index (χ0) is 42.9. The van der Waals surface area contributed by atoms with Crippen molar-refractivity contribution in [3.05, 3.63) is 24.7 Å². The van der Waals surface area contributed by atoms with E-state index in [9.17, 15) is 24.3 Å². The lowest BCUT2D eigenvalue weighted by Gasteiger charge is -2.47. The Hall–Kier alpha value is -3.57. The number of pyridine rings is 1. The number of alkyl halides is 1. The molecule has 0 aromatic carbocycles. The monoisotopic (exact) mass is 817 g/mol. The first-order valence-electron chi connectivity index (χ1n) is 20.7. The number of likely N-dealkylation sites (N-methyl/N-ethyl adjacent to an activating group) is 1. The van der Waals surface area contributed by atoms with Crippen molar-refractivity contribution in [3.8, 4) is 0 Å². The lowest BCUT2D eigenvalue weighted by atomic mass is 9.72. The van der Waals surface area contributed by atoms with Crippen molar-refractivity contribution in [3.63, 3.8) is 0 Å². The fourth-order valence-corrected chi connectivity index (χ4v) is 9.63. The highest BCUT2D eigenvalue weighted by molar-refractivity contribution is 6.08. The molecule has 2 aromatic rings. The molecule has 3 aliphatic heterocycles. The number of carbonyl (C=O) groups excluding carboxylic acids is 4. The van der Waals surface area contributed by atoms with Crippen molar-refractivity contribution in [2.75, 3.05) is 27.7 Å². The number of imidazole rings is 1. The standard InChI is InChI=1S/C42H64FN5O10/c1-12-30-42(13-2)33(48(39(53)58-42)20-15-14-19-47-23-45-28-17-16-18-44-36(28)47)26(5)31(49)24(3)22-40(7,54-11)35(27(6)34(51)41(8,43)38(52)56-30)57-37-32(50)29(46(9)10)21-25(4)55-37/h16-18,23-27,29-30,32-33,35,37,50H,12-15,19-22H2,1-11H3/t24-,25-,26+,27+,29+,30-,32-,33-,35-,37?,40+,41+,42-/m1/s1. The molecule has 1 N–H and O–H groups in total. The van der Waals surface area contributed by atoms with E-state index in [2.05, 4.69) is 9.97 Å². The zero-order valence-corrected chi connectivity index (χ0v) is 36.0. The van der Waals surface area contributed by atoms with Crippen LogP contribution in [0.5, 0.6) is 0 Å². The molecule has 58 heavy (non-hydrogen) atoms. The predicted molar refractivity (Wildman–Crippen MR) is 211 cm³/mol. The summed E-state index contributed by atoms with van der Waals surface area (Å²) in [6, 6.07) is 2.44. The van der Waals surface area contributed by atoms with Crippen molar-refractivity contribution < 1.29 is 52.4 Å². The summed E-state index contributed by atoms with van der Waals surface area (Å²) in [6.07, 6.45) is -0.572. The van der Waals surface area contributed by atoms with Crippen LogP contribution >= 0.6 is 0 Å². The number of hydrogen-bond acceptors (Lipinski definition) is 13. The normalized spacial score (nSPS) is 38.1. The lowest BCUT2D eigenvalue weighted by Crippen LogP contribution is -2.62. The highest BCUT2D eigenvalue weighted by Crippen LogP contribution is 2.45. The lowest BCUT2D eigenvalue weighted by molar-refractivity contribution is -0.295. The van der Waals surface area contributed by atoms with Crippen molar-refractivity contribution in [1.82, 2.24) is 24.3 Å². The SMILES string of the molecule is CC[C@H]1OC(=O)[C@@](C)(F)C(=O)[C@H](C)[C@@H](OC2O[C@H](C)C[C@H](N(C)C)[C@H]2O)[C@@](C)(OC)C[C@@H](C)C(=O)[C@H](C)[C@H]2N(CCCCn3cnc4cccnc43)C(=O)O[C@]12CC. The van der Waals surface area contributed by atoms with E-state index in [0.717, 1.165) is 18.1 Å². The first-order valence-corrected chi connectivity index (χ1v) is 20.7. The minimum absolute atomic E-state index is 0.00262. The number of hydrogen-bond donors (Lipinski definition) is 1. The Bertz CT molecular complexity index is 1790. The molecule has 0 aliphatic carbocycles. The van der Waals surface area contributed by atoms with Gasteiger partial charge in [0.25, 0.3) is 5.67 Å². The number of cyclic esters (lactones) is 1. The average molecular weight is 818 g/mol. The van der Waals surface area contributed by atoms with E-state index in [1.54, 1.807) is 52.0 Å². The summed E-state index contributed by atoms with van der Waals surface area (Å²) in [5.74, 6) is -5.75. The van der Waals surface area contributed by atoms with Gasteiger partial charge in [0.1, 0.15) is 23.5 Å². The first kappa shape index (κ1) is 45.5. The van der Waals surface area contributed by atoms with Gasteiger partial charge in [0, 0.05) is 50.2 Å². The molecular formula is C42H64FN5O10. The molecule has 15 nitrogen and oxygen atoms in total. The van der Waals surface area contributed by atoms with Crippen LogP contribution in [0.4, 0.5) is 9.18 Å². The van der Waals surface area contributed by atoms with Gasteiger partial charge in [0.15, 0.2) is 23.3 Å². The maximum atomic E-state index is 17.0. The van der Waals surface area contributed by atoms with Crippen LogP contribution in [0.25, 0.3) is 11.2 Å². The van der Waals surface area contributed by atoms with Crippen LogP contribution in [0.1, 0.15) is 93.9 Å². The molecule has 16 heteroatoms. The molecule has 0 saturated carbocycles. The Morgan fingerprint density at radius 1 is 1.03 bits per heavy atom. The predicted octanol–water partition coefficient (Wildman–Crippen LogP) is 4.90. The van der Waals surface area contributed by atoms with E-state index in [1.165, 1.54) is 14.0 Å². The summed E-state index contributed by atoms with van der Waals surface area (Å²) in [7, 11) is 5.06. The average Bonchev–Trinajstić information content (AvgIpc) is 3.74. The number of aliphatic hydroxyl groups is 1. The van der Waals surface area contributed by atoms with Crippen molar-refractivity contribution in [1.29, 1.82) is 0 Å². The van der Waals surface area contributed by atoms with Gasteiger partial charge in [-0.2, -0.15) is 0 Å². The number of aliphatic hydroxyl groups excluding tert-OH is 1. The third kappa shape index (κ3) is 8.54. The number of carbonyl (C=O) groups is 4. The molecule has 5 heterocycles. The maximum absolute atomic E-state index is 17.0. The van der Waals surface area contributed by atoms with E-state index in [0.29, 0.717) is 25.8 Å². The Kier molecular flexibility index (Phi) is 14.1. The van der Waals surface area contributed by atoms with Crippen LogP contribution in [0.2, 0.25) is 0 Å². The van der Waals surface area contributed by atoms with Gasteiger partial charge in [-0.3, -0.25) is 9.59 Å². The second-order valence-corrected chi connectivity index (χ2v) is 17.2. The number of nitrogens with zero attached hydrogens (tertiary/aromatic N) is 5. The molecule has 3 aliphatic rings. The number of ketones is 2. The summed E-state index contributed by atoms with van der Waals surface area (Å²) in [5.41, 5.74) is -4.65. The maximum Gasteiger partial charge on any atom is 0.410 e. The number of unbranched alkanes of at least 4 members (excludes halogenated alkanes) is 1. The number of methoxy groups -OCH3 is 1. The van der Waals surface area contributed by atoms with E-state index in [1.807, 2.05) is 42.6 Å². The molecular weight excluding hydrogens is 753 g/mol. The van der Waals surface area contributed by atoms with Crippen molar-refractivity contribution >= 4 is 34.8 Å². The molecule has 3 fully saturated rings. The van der Waals surface area contributed by atoms with Crippen LogP contribution in [0.15, 0.2) is 24.7 Å². The molecule has 13 atom stereocenters. The van der Waals surface area contributed by atoms with E-state index < -0.39 is 83.1 Å². The summed E-state index contributed by atoms with van der Waals surface area (Å²) in [6.45, 7) is 13.6. The molecule has 1 unspecified atom stereocenters. The van der Waals surface area contributed by atoms with Gasteiger partial charge in [-0.1, -0.05) is 34.6 Å². The number of halogens is 1. The Morgan fingerprint density at radius 3 is 2.36 bits per heavy atom. The van der Waals surface area contributed by atoms with Crippen molar-refractivity contribution in [2.45, 2.75) is 160 Å². The first-order chi connectivity index (χ1) is 27.3. The van der Waals surface area contributed by atoms with Crippen LogP contribution < -0.4 is 0 Å². The Labute approximate surface area is 341 Å². The van der Waals surface area contributed by atoms with E-state index in [-0.39, 0.29) is 43.7 Å². The Morgan fingerprint density at radius 2 is 1.72 bits per heavy atom. The molecule has 0 bridgehead atoms. The highest BCUT2D eigenvalue weighted by atomic mass is 19.1. The number of ether oxygens (including phenoxy) is 5. The second-order valence-electron chi connectivity index (χ2n) is 17.2. The largest absolute Gasteiger partial charge is 0.455 e. The van der Waals surface area contributed by atoms with Crippen LogP contribution in [0.3, 0.4) is 0 Å². The fourth-order valence-electron chi connectivity index (χ4n) is 9.63. The molecule has 324 valence electrons. The van der Waals surface area contributed by atoms with E-state index in [4.69, 9.17) is 23.7 Å². The number of esters is 1. The number of rotatable bonds is 11. The van der Waals surface area contributed by atoms with Gasteiger partial charge in [-0.25, -0.2) is 23.9 Å². The number of aromatic nitrogens is 3. The fraction of sp³-hybridized carbons (Fsp3) is 0.762. The topological polar surface area (TPSA) is 172 Å². The van der Waals surface area contributed by atoms with Crippen LogP contribution in [-0.2, 0) is 44.6 Å². The van der Waals surface area contributed by atoms with Gasteiger partial charge in [-0.05, 0) is 85.5 Å². The molecule has 0 spiro atoms. The number of Topliss-reactive ketones (excluding diaryl/α,β-unsaturated/α-hetero) is 2. The van der Waals surface area contributed by atoms with Gasteiger partial charge >= 0.3 is 12.1 Å². The molecule has 1 amide bonds. The van der Waals surface area contributed by atoms with Gasteiger partial charge in [0.05, 0.1) is 30.2 Å². The summed E-state index contributed by atoms with van der Waals surface area (Å²) >= 11 is 0. The molecule has 2 aromatic heterocycles. The molecule has 0 radical (unpaired) electrons. The minimum atomic E-state index is -3.18. The van der Waals surface area contributed by atoms with Gasteiger partial charge in [-0.15, -0.1) is 0 Å². The second kappa shape index (κ2) is 18.0. The minimum Gasteiger partial charge on any atom is -0.455 e. The molecule has 5 rings (SSSR count). The van der Waals surface area contributed by atoms with Crippen LogP contribution in [0, 0.1) is 17.8 Å².